The molecular weight excluding hydrogens is 340 g/mol. The zero-order valence-electron chi connectivity index (χ0n) is 3.19. The van der Waals surface area contributed by atoms with Crippen LogP contribution in [0.1, 0.15) is 0 Å². The second-order valence-corrected chi connectivity index (χ2v) is 6.51. The van der Waals surface area contributed by atoms with Crippen LogP contribution in [-0.4, -0.2) is 5.90 Å². The summed E-state index contributed by atoms with van der Waals surface area (Å²) in [7, 11) is 13.7. The van der Waals surface area contributed by atoms with Crippen LogP contribution in [0, 0.1) is 0 Å². The van der Waals surface area contributed by atoms with Gasteiger partial charge in [0, 0.05) is 18.5 Å². The zero-order chi connectivity index (χ0) is 5.41. The van der Waals surface area contributed by atoms with Gasteiger partial charge in [-0.05, 0) is 0 Å². The molecule has 0 spiro atoms. The smallest absolute Gasteiger partial charge is 0.0110 e. The summed E-state index contributed by atoms with van der Waals surface area (Å²) in [6, 6.07) is 0. The molecule has 0 bridgehead atoms. The average Bonchev–Trinajstić information content (AvgIpc) is 1.39. The molecule has 0 aliphatic heterocycles. The van der Waals surface area contributed by atoms with Crippen LogP contribution in [0.4, 0.5) is 0 Å². The Kier molecular flexibility index (Phi) is 28.8. The van der Waals surface area contributed by atoms with Crippen LogP contribution in [0.15, 0.2) is 0 Å². The van der Waals surface area contributed by atoms with Gasteiger partial charge >= 0.3 is 35.3 Å². The van der Waals surface area contributed by atoms with Crippen LogP contribution in [-0.2, 0) is 16.5 Å². The molecule has 0 aromatic carbocycles. The summed E-state index contributed by atoms with van der Waals surface area (Å²) >= 11 is -0.472. The van der Waals surface area contributed by atoms with E-state index in [2.05, 4.69) is 0 Å². The van der Waals surface area contributed by atoms with Crippen LogP contribution in [0.3, 0.4) is 0 Å². The van der Waals surface area contributed by atoms with Gasteiger partial charge in [-0.3, -0.25) is 0 Å². The maximum atomic E-state index is 4.88. The summed E-state index contributed by atoms with van der Waals surface area (Å²) in [6.07, 6.45) is 0. The predicted molar refractivity (Wildman–Crippen MR) is 38.8 cm³/mol. The summed E-state index contributed by atoms with van der Waals surface area (Å²) in [5.74, 6) is 1.31. The Morgan fingerprint density at radius 3 is 1.33 bits per heavy atom. The number of hydrogen-bond donors (Lipinski definition) is 0. The van der Waals surface area contributed by atoms with Crippen molar-refractivity contribution >= 4 is 37.3 Å². The molecule has 0 nitrogen and oxygen atoms in total. The Morgan fingerprint density at radius 2 is 1.33 bits per heavy atom. The molecule has 2 atom stereocenters. The van der Waals surface area contributed by atoms with Crippen molar-refractivity contribution in [3.63, 3.8) is 0 Å². The summed E-state index contributed by atoms with van der Waals surface area (Å²) in [5.41, 5.74) is 0. The molecule has 2 unspecified atom stereocenters. The van der Waals surface area contributed by atoms with E-state index in [4.69, 9.17) is 18.8 Å². The SMILES string of the molecule is [Cl][Pt][Cl].[PH3+]C[PH3+]. The van der Waals surface area contributed by atoms with Crippen molar-refractivity contribution in [2.75, 3.05) is 5.90 Å². The topological polar surface area (TPSA) is 0 Å². The van der Waals surface area contributed by atoms with Gasteiger partial charge in [-0.2, -0.15) is 0 Å². The fourth-order valence-corrected chi connectivity index (χ4v) is 0. The van der Waals surface area contributed by atoms with E-state index in [-0.39, 0.29) is 0 Å². The van der Waals surface area contributed by atoms with Crippen LogP contribution >= 0.6 is 37.3 Å². The fourth-order valence-electron chi connectivity index (χ4n) is 0. The van der Waals surface area contributed by atoms with Crippen LogP contribution in [0.25, 0.3) is 0 Å². The first-order valence-electron chi connectivity index (χ1n) is 1.24. The third kappa shape index (κ3) is 35.6. The molecule has 5 heteroatoms. The van der Waals surface area contributed by atoms with Gasteiger partial charge in [0.2, 0.25) is 0 Å². The van der Waals surface area contributed by atoms with E-state index < -0.39 is 16.5 Å². The first-order valence-corrected chi connectivity index (χ1v) is 8.87. The molecule has 0 N–H and O–H groups in total. The second kappa shape index (κ2) is 15.7. The Bertz CT molecular complexity index is 13.5. The number of rotatable bonds is 0. The van der Waals surface area contributed by atoms with Crippen molar-refractivity contribution < 1.29 is 16.5 Å². The van der Waals surface area contributed by atoms with E-state index in [0.717, 1.165) is 0 Å². The summed E-state index contributed by atoms with van der Waals surface area (Å²) in [5, 5.41) is 0. The van der Waals surface area contributed by atoms with Gasteiger partial charge in [0.05, 0.1) is 0 Å². The van der Waals surface area contributed by atoms with Crippen LogP contribution < -0.4 is 0 Å². The molecule has 0 amide bonds. The molecule has 0 aromatic rings. The van der Waals surface area contributed by atoms with Gasteiger partial charge in [-0.25, -0.2) is 0 Å². The second-order valence-electron chi connectivity index (χ2n) is 0.399. The predicted octanol–water partition coefficient (Wildman–Crippen LogP) is 1.54. The molecule has 0 aromatic heterocycles. The Balaban J connectivity index is 0. The molecular formula is CH8Cl2P2Pt+2. The normalized spacial score (nSPS) is 7.67. The average molecular weight is 348 g/mol. The van der Waals surface area contributed by atoms with Gasteiger partial charge < -0.3 is 0 Å². The van der Waals surface area contributed by atoms with Crippen molar-refractivity contribution in [3.8, 4) is 0 Å². The van der Waals surface area contributed by atoms with Crippen molar-refractivity contribution in [1.82, 2.24) is 0 Å². The minimum Gasteiger partial charge on any atom is 0.0110 e. The molecule has 0 fully saturated rings. The summed E-state index contributed by atoms with van der Waals surface area (Å²) < 4.78 is 0. The molecule has 44 valence electrons. The summed E-state index contributed by atoms with van der Waals surface area (Å²) in [4.78, 5) is 0. The molecule has 0 aliphatic rings. The molecule has 6 heavy (non-hydrogen) atoms. The summed E-state index contributed by atoms with van der Waals surface area (Å²) in [6.45, 7) is 0. The molecule has 0 saturated carbocycles. The van der Waals surface area contributed by atoms with Crippen LogP contribution in [0.5, 0.6) is 0 Å². The standard InChI is InChI=1S/CH6P2.2ClH.Pt/c2-1-3;;;/h1-3H2;2*1H;/q;;;+2. The van der Waals surface area contributed by atoms with Gasteiger partial charge in [-0.15, -0.1) is 0 Å². The van der Waals surface area contributed by atoms with Crippen LogP contribution in [0.2, 0.25) is 0 Å². The van der Waals surface area contributed by atoms with Gasteiger partial charge in [-0.1, -0.05) is 0 Å². The number of hydrogen-bond acceptors (Lipinski definition) is 0. The molecule has 0 aliphatic carbocycles. The fraction of sp³-hybridized carbons (Fsp3) is 1.00. The zero-order valence-corrected chi connectivity index (χ0v) is 9.81. The van der Waals surface area contributed by atoms with E-state index in [1.165, 1.54) is 5.90 Å². The minimum atomic E-state index is -0.472. The molecule has 0 saturated heterocycles. The van der Waals surface area contributed by atoms with E-state index in [0.29, 0.717) is 0 Å². The maximum Gasteiger partial charge on any atom is 0.146 e. The molecule has 0 radical (unpaired) electrons. The molecule has 0 heterocycles. The third-order valence-corrected chi connectivity index (χ3v) is 0. The molecule has 0 rings (SSSR count). The van der Waals surface area contributed by atoms with E-state index in [1.807, 2.05) is 18.5 Å². The Morgan fingerprint density at radius 1 is 1.33 bits per heavy atom. The number of halogens is 2. The van der Waals surface area contributed by atoms with Gasteiger partial charge in [0.1, 0.15) is 5.90 Å². The van der Waals surface area contributed by atoms with E-state index in [1.54, 1.807) is 0 Å². The monoisotopic (exact) mass is 347 g/mol. The van der Waals surface area contributed by atoms with Gasteiger partial charge in [0.25, 0.3) is 0 Å². The van der Waals surface area contributed by atoms with E-state index in [9.17, 15) is 0 Å². The van der Waals surface area contributed by atoms with Crippen molar-refractivity contribution in [2.24, 2.45) is 0 Å². The first kappa shape index (κ1) is 11.0. The minimum absolute atomic E-state index is 0.472. The largest absolute Gasteiger partial charge is 0.146 e. The van der Waals surface area contributed by atoms with Gasteiger partial charge in [0.15, 0.2) is 0 Å². The first-order chi connectivity index (χ1) is 2.83. The third-order valence-electron chi connectivity index (χ3n) is 0. The maximum absolute atomic E-state index is 4.88. The quantitative estimate of drug-likeness (QED) is 0.583. The Hall–Kier alpha value is 2.13. The van der Waals surface area contributed by atoms with Crippen molar-refractivity contribution in [1.29, 1.82) is 0 Å². The van der Waals surface area contributed by atoms with Crippen molar-refractivity contribution in [2.45, 2.75) is 0 Å². The van der Waals surface area contributed by atoms with Crippen molar-refractivity contribution in [3.05, 3.63) is 0 Å². The van der Waals surface area contributed by atoms with E-state index >= 15 is 0 Å². The Labute approximate surface area is 59.5 Å².